The smallest absolute Gasteiger partial charge is 0.414 e. The minimum absolute atomic E-state index is 0.00579. The number of sulfonamides is 1. The molecule has 2 amide bonds. The van der Waals surface area contributed by atoms with Gasteiger partial charge in [0.15, 0.2) is 0 Å². The zero-order valence-electron chi connectivity index (χ0n) is 18.6. The average Bonchev–Trinajstić information content (AvgIpc) is 2.82. The summed E-state index contributed by atoms with van der Waals surface area (Å²) in [6, 6.07) is 18.8. The zero-order chi connectivity index (χ0) is 25.6. The Balaban J connectivity index is 1.55. The fourth-order valence-electron chi connectivity index (χ4n) is 3.32. The van der Waals surface area contributed by atoms with Crippen molar-refractivity contribution < 1.29 is 22.7 Å². The maximum atomic E-state index is 12.2. The first-order valence-corrected chi connectivity index (χ1v) is 12.0. The van der Waals surface area contributed by atoms with Crippen LogP contribution in [0.2, 0.25) is 0 Å². The second-order valence-electron chi connectivity index (χ2n) is 7.73. The number of imide groups is 1. The fraction of sp³-hybridized carbons (Fsp3) is 0.125. The van der Waals surface area contributed by atoms with Gasteiger partial charge in [-0.2, -0.15) is 0 Å². The first kappa shape index (κ1) is 25.6. The highest BCUT2D eigenvalue weighted by molar-refractivity contribution is 7.89. The quantitative estimate of drug-likeness (QED) is 0.231. The van der Waals surface area contributed by atoms with Crippen LogP contribution in [0.5, 0.6) is 0 Å². The Morgan fingerprint density at radius 2 is 1.66 bits per heavy atom. The third-order valence-corrected chi connectivity index (χ3v) is 6.05. The number of nitrogens with one attached hydrogen (secondary N) is 2. The number of rotatable bonds is 8. The summed E-state index contributed by atoms with van der Waals surface area (Å²) in [5.74, 6) is -0.812. The van der Waals surface area contributed by atoms with E-state index in [0.29, 0.717) is 27.8 Å². The Bertz CT molecular complexity index is 1360. The van der Waals surface area contributed by atoms with Gasteiger partial charge in [-0.1, -0.05) is 60.7 Å². The molecule has 0 aliphatic carbocycles. The number of benzene rings is 3. The SMILES string of the molecule is N=C(N)c1cccc(C[C@H](N)C(=O)NC(=O)OCc2ccc(-c3ccccc3S(N)(=O)=O)cc2)c1. The molecule has 0 spiro atoms. The normalized spacial score (nSPS) is 11.9. The zero-order valence-corrected chi connectivity index (χ0v) is 19.4. The fourth-order valence-corrected chi connectivity index (χ4v) is 4.09. The highest BCUT2D eigenvalue weighted by Gasteiger charge is 2.18. The molecule has 1 atom stereocenters. The lowest BCUT2D eigenvalue weighted by atomic mass is 10.0. The van der Waals surface area contributed by atoms with Crippen molar-refractivity contribution in [3.8, 4) is 11.1 Å². The van der Waals surface area contributed by atoms with Crippen LogP contribution in [0, 0.1) is 5.41 Å². The average molecular weight is 496 g/mol. The van der Waals surface area contributed by atoms with Gasteiger partial charge in [0, 0.05) is 11.1 Å². The molecule has 0 radical (unpaired) electrons. The first-order valence-electron chi connectivity index (χ1n) is 10.4. The van der Waals surface area contributed by atoms with E-state index in [1.165, 1.54) is 6.07 Å². The molecule has 0 aliphatic heterocycles. The van der Waals surface area contributed by atoms with E-state index in [-0.39, 0.29) is 23.8 Å². The Labute approximate surface area is 202 Å². The summed E-state index contributed by atoms with van der Waals surface area (Å²) >= 11 is 0. The Kier molecular flexibility index (Phi) is 7.97. The van der Waals surface area contributed by atoms with Gasteiger partial charge in [0.2, 0.25) is 15.9 Å². The number of nitrogens with two attached hydrogens (primary N) is 3. The van der Waals surface area contributed by atoms with Crippen molar-refractivity contribution in [3.05, 3.63) is 89.5 Å². The molecule has 3 aromatic carbocycles. The second kappa shape index (κ2) is 10.9. The summed E-state index contributed by atoms with van der Waals surface area (Å²) in [6.07, 6.45) is -0.812. The number of nitrogen functional groups attached to an aromatic ring is 1. The molecular weight excluding hydrogens is 470 g/mol. The van der Waals surface area contributed by atoms with Gasteiger partial charge in [-0.3, -0.25) is 15.5 Å². The third-order valence-electron chi connectivity index (χ3n) is 5.08. The Morgan fingerprint density at radius 1 is 0.971 bits per heavy atom. The van der Waals surface area contributed by atoms with Crippen molar-refractivity contribution in [1.82, 2.24) is 5.32 Å². The molecule has 3 rings (SSSR count). The predicted molar refractivity (Wildman–Crippen MR) is 131 cm³/mol. The van der Waals surface area contributed by atoms with Crippen LogP contribution >= 0.6 is 0 Å². The number of hydrogen-bond acceptors (Lipinski definition) is 7. The molecule has 10 nitrogen and oxygen atoms in total. The monoisotopic (exact) mass is 495 g/mol. The molecule has 3 aromatic rings. The molecule has 11 heteroatoms. The van der Waals surface area contributed by atoms with Crippen LogP contribution in [-0.4, -0.2) is 32.3 Å². The topological polar surface area (TPSA) is 191 Å². The predicted octanol–water partition coefficient (Wildman–Crippen LogP) is 1.61. The summed E-state index contributed by atoms with van der Waals surface area (Å²) in [6.45, 7) is -0.119. The molecule has 0 aliphatic rings. The van der Waals surface area contributed by atoms with E-state index in [0.717, 1.165) is 0 Å². The van der Waals surface area contributed by atoms with Crippen LogP contribution in [0.4, 0.5) is 4.79 Å². The van der Waals surface area contributed by atoms with Gasteiger partial charge in [-0.25, -0.2) is 18.4 Å². The number of carbonyl (C=O) groups excluding carboxylic acids is 2. The van der Waals surface area contributed by atoms with Crippen molar-refractivity contribution in [2.24, 2.45) is 16.6 Å². The minimum Gasteiger partial charge on any atom is -0.444 e. The molecule has 8 N–H and O–H groups in total. The van der Waals surface area contributed by atoms with Crippen LogP contribution < -0.4 is 21.9 Å². The van der Waals surface area contributed by atoms with Gasteiger partial charge >= 0.3 is 6.09 Å². The first-order chi connectivity index (χ1) is 16.5. The molecule has 35 heavy (non-hydrogen) atoms. The lowest BCUT2D eigenvalue weighted by molar-refractivity contribution is -0.121. The Morgan fingerprint density at radius 3 is 2.31 bits per heavy atom. The minimum atomic E-state index is -3.89. The number of hydrogen-bond donors (Lipinski definition) is 5. The van der Waals surface area contributed by atoms with Crippen molar-refractivity contribution in [2.45, 2.75) is 24.0 Å². The highest BCUT2D eigenvalue weighted by atomic mass is 32.2. The van der Waals surface area contributed by atoms with Crippen LogP contribution in [0.15, 0.2) is 77.7 Å². The van der Waals surface area contributed by atoms with Crippen LogP contribution in [0.1, 0.15) is 16.7 Å². The summed E-state index contributed by atoms with van der Waals surface area (Å²) in [7, 11) is -3.89. The van der Waals surface area contributed by atoms with E-state index in [1.54, 1.807) is 66.7 Å². The number of ether oxygens (including phenoxy) is 1. The van der Waals surface area contributed by atoms with Crippen molar-refractivity contribution in [1.29, 1.82) is 5.41 Å². The van der Waals surface area contributed by atoms with Crippen molar-refractivity contribution in [2.75, 3.05) is 0 Å². The van der Waals surface area contributed by atoms with Gasteiger partial charge in [0.25, 0.3) is 0 Å². The number of alkyl carbamates (subject to hydrolysis) is 1. The van der Waals surface area contributed by atoms with Crippen LogP contribution in [0.3, 0.4) is 0 Å². The van der Waals surface area contributed by atoms with E-state index in [9.17, 15) is 18.0 Å². The summed E-state index contributed by atoms with van der Waals surface area (Å²) in [4.78, 5) is 24.3. The maximum absolute atomic E-state index is 12.2. The Hall–Kier alpha value is -4.06. The van der Waals surface area contributed by atoms with E-state index >= 15 is 0 Å². The lowest BCUT2D eigenvalue weighted by Gasteiger charge is -2.13. The van der Waals surface area contributed by atoms with E-state index < -0.39 is 28.1 Å². The lowest BCUT2D eigenvalue weighted by Crippen LogP contribution is -2.44. The van der Waals surface area contributed by atoms with Crippen molar-refractivity contribution in [3.63, 3.8) is 0 Å². The molecule has 182 valence electrons. The molecule has 0 bridgehead atoms. The standard InChI is InChI=1S/C24H25N5O5S/c25-20(13-16-4-3-5-18(12-16)22(26)27)23(30)29-24(31)34-14-15-8-10-17(11-9-15)19-6-1-2-7-21(19)35(28,32)33/h1-12,20H,13-14,25H2,(H3,26,27)(H2,28,32,33)(H,29,30,31)/t20-/m0/s1. The molecular formula is C24H25N5O5S. The second-order valence-corrected chi connectivity index (χ2v) is 9.26. The largest absolute Gasteiger partial charge is 0.444 e. The molecule has 0 saturated heterocycles. The van der Waals surface area contributed by atoms with Gasteiger partial charge < -0.3 is 16.2 Å². The van der Waals surface area contributed by atoms with E-state index in [1.807, 2.05) is 0 Å². The summed E-state index contributed by atoms with van der Waals surface area (Å²) in [5, 5.41) is 14.9. The van der Waals surface area contributed by atoms with Crippen LogP contribution in [-0.2, 0) is 32.6 Å². The summed E-state index contributed by atoms with van der Waals surface area (Å²) < 4.78 is 28.7. The number of primary sulfonamides is 1. The van der Waals surface area contributed by atoms with Gasteiger partial charge in [-0.05, 0) is 35.2 Å². The number of amidine groups is 1. The van der Waals surface area contributed by atoms with Gasteiger partial charge in [0.1, 0.15) is 12.4 Å². The molecule has 0 unspecified atom stereocenters. The van der Waals surface area contributed by atoms with Gasteiger partial charge in [-0.15, -0.1) is 0 Å². The van der Waals surface area contributed by atoms with E-state index in [2.05, 4.69) is 5.32 Å². The van der Waals surface area contributed by atoms with Crippen LogP contribution in [0.25, 0.3) is 11.1 Å². The summed E-state index contributed by atoms with van der Waals surface area (Å²) in [5.41, 5.74) is 14.2. The van der Waals surface area contributed by atoms with Gasteiger partial charge in [0.05, 0.1) is 10.9 Å². The maximum Gasteiger partial charge on any atom is 0.414 e. The highest BCUT2D eigenvalue weighted by Crippen LogP contribution is 2.26. The third kappa shape index (κ3) is 6.96. The number of carbonyl (C=O) groups is 2. The van der Waals surface area contributed by atoms with E-state index in [4.69, 9.17) is 26.8 Å². The van der Waals surface area contributed by atoms with Crippen molar-refractivity contribution >= 4 is 27.9 Å². The molecule has 0 aromatic heterocycles. The molecule has 0 fully saturated rings. The number of amides is 2. The molecule has 0 saturated carbocycles. The molecule has 0 heterocycles.